The lowest BCUT2D eigenvalue weighted by Gasteiger charge is -2.29. The van der Waals surface area contributed by atoms with E-state index in [9.17, 15) is 0 Å². The van der Waals surface area contributed by atoms with E-state index in [-0.39, 0.29) is 0 Å². The normalized spacial score (nSPS) is 21.8. The molecule has 1 aromatic rings. The maximum absolute atomic E-state index is 6.26. The summed E-state index contributed by atoms with van der Waals surface area (Å²) in [5.41, 5.74) is 7.82. The maximum Gasteiger partial charge on any atom is 0.0452 e. The predicted octanol–water partition coefficient (Wildman–Crippen LogP) is 4.08. The van der Waals surface area contributed by atoms with Crippen molar-refractivity contribution in [1.29, 1.82) is 0 Å². The summed E-state index contributed by atoms with van der Waals surface area (Å²) in [6.07, 6.45) is 6.56. The second-order valence-electron chi connectivity index (χ2n) is 5.23. The average molecular weight is 267 g/mol. The molecule has 0 bridgehead atoms. The van der Waals surface area contributed by atoms with Crippen molar-refractivity contribution in [2.24, 2.45) is 0 Å². The molecule has 1 saturated heterocycles. The second-order valence-corrected chi connectivity index (χ2v) is 5.64. The molecule has 2 N–H and O–H groups in total. The molecule has 1 heterocycles. The zero-order valence-electron chi connectivity index (χ0n) is 11.2. The highest BCUT2D eigenvalue weighted by Crippen LogP contribution is 2.25. The number of hydrogen-bond acceptors (Lipinski definition) is 2. The van der Waals surface area contributed by atoms with E-state index >= 15 is 0 Å². The van der Waals surface area contributed by atoms with Gasteiger partial charge in [-0.2, -0.15) is 0 Å². The molecule has 1 atom stereocenters. The number of rotatable bonds is 3. The van der Waals surface area contributed by atoms with Crippen molar-refractivity contribution in [2.75, 3.05) is 12.3 Å². The van der Waals surface area contributed by atoms with Crippen LogP contribution in [0.15, 0.2) is 18.2 Å². The Morgan fingerprint density at radius 2 is 2.17 bits per heavy atom. The lowest BCUT2D eigenvalue weighted by molar-refractivity contribution is 0.186. The number of likely N-dealkylation sites (tertiary alicyclic amines) is 1. The van der Waals surface area contributed by atoms with Crippen LogP contribution in [-0.2, 0) is 6.54 Å². The Balaban J connectivity index is 2.12. The van der Waals surface area contributed by atoms with Crippen molar-refractivity contribution in [1.82, 2.24) is 4.90 Å². The Labute approximate surface area is 115 Å². The van der Waals surface area contributed by atoms with Gasteiger partial charge in [0.15, 0.2) is 0 Å². The number of hydrogen-bond donors (Lipinski definition) is 1. The monoisotopic (exact) mass is 266 g/mol. The Morgan fingerprint density at radius 1 is 1.33 bits per heavy atom. The molecule has 1 aliphatic rings. The highest BCUT2D eigenvalue weighted by molar-refractivity contribution is 6.31. The van der Waals surface area contributed by atoms with Crippen molar-refractivity contribution in [3.8, 4) is 0 Å². The van der Waals surface area contributed by atoms with Crippen LogP contribution in [-0.4, -0.2) is 17.5 Å². The van der Waals surface area contributed by atoms with E-state index in [4.69, 9.17) is 17.3 Å². The van der Waals surface area contributed by atoms with E-state index in [1.807, 2.05) is 18.2 Å². The second kappa shape index (κ2) is 6.44. The molecule has 0 saturated carbocycles. The van der Waals surface area contributed by atoms with Crippen LogP contribution in [0.4, 0.5) is 5.69 Å². The first-order valence-electron chi connectivity index (χ1n) is 6.98. The van der Waals surface area contributed by atoms with Gasteiger partial charge in [-0.15, -0.1) is 0 Å². The molecular weight excluding hydrogens is 244 g/mol. The maximum atomic E-state index is 6.26. The lowest BCUT2D eigenvalue weighted by atomic mass is 10.1. The summed E-state index contributed by atoms with van der Waals surface area (Å²) in [5.74, 6) is 0. The zero-order valence-corrected chi connectivity index (χ0v) is 11.9. The summed E-state index contributed by atoms with van der Waals surface area (Å²) >= 11 is 6.26. The summed E-state index contributed by atoms with van der Waals surface area (Å²) in [4.78, 5) is 2.58. The summed E-state index contributed by atoms with van der Waals surface area (Å²) in [6, 6.07) is 6.49. The van der Waals surface area contributed by atoms with E-state index in [0.29, 0.717) is 6.04 Å². The molecule has 2 rings (SSSR count). The fourth-order valence-corrected chi connectivity index (χ4v) is 3.02. The molecule has 1 aliphatic heterocycles. The number of nitrogen functional groups attached to an aromatic ring is 1. The molecule has 3 heteroatoms. The highest BCUT2D eigenvalue weighted by atomic mass is 35.5. The molecule has 18 heavy (non-hydrogen) atoms. The van der Waals surface area contributed by atoms with Crippen LogP contribution in [0.1, 0.15) is 44.6 Å². The third-order valence-electron chi connectivity index (χ3n) is 3.91. The Bertz CT molecular complexity index is 392. The number of halogens is 1. The van der Waals surface area contributed by atoms with Gasteiger partial charge < -0.3 is 5.73 Å². The van der Waals surface area contributed by atoms with Gasteiger partial charge in [0.25, 0.3) is 0 Å². The molecule has 1 fully saturated rings. The van der Waals surface area contributed by atoms with Crippen molar-refractivity contribution in [3.63, 3.8) is 0 Å². The van der Waals surface area contributed by atoms with E-state index in [2.05, 4.69) is 11.8 Å². The number of anilines is 1. The third kappa shape index (κ3) is 3.39. The van der Waals surface area contributed by atoms with Gasteiger partial charge in [-0.05, 0) is 49.6 Å². The van der Waals surface area contributed by atoms with Gasteiger partial charge in [-0.3, -0.25) is 4.90 Å². The van der Waals surface area contributed by atoms with E-state index in [1.54, 1.807) is 0 Å². The van der Waals surface area contributed by atoms with Crippen LogP contribution < -0.4 is 5.73 Å². The van der Waals surface area contributed by atoms with Crippen LogP contribution >= 0.6 is 11.6 Å². The van der Waals surface area contributed by atoms with Crippen LogP contribution in [0.3, 0.4) is 0 Å². The smallest absolute Gasteiger partial charge is 0.0452 e. The van der Waals surface area contributed by atoms with Crippen LogP contribution in [0.2, 0.25) is 5.02 Å². The first-order valence-corrected chi connectivity index (χ1v) is 7.36. The van der Waals surface area contributed by atoms with E-state index in [0.717, 1.165) is 22.8 Å². The van der Waals surface area contributed by atoms with Crippen LogP contribution in [0, 0.1) is 0 Å². The molecule has 100 valence electrons. The molecule has 0 radical (unpaired) electrons. The van der Waals surface area contributed by atoms with Crippen molar-refractivity contribution in [3.05, 3.63) is 28.8 Å². The Kier molecular flexibility index (Phi) is 4.90. The quantitative estimate of drug-likeness (QED) is 0.836. The minimum atomic E-state index is 0.699. The van der Waals surface area contributed by atoms with Crippen LogP contribution in [0.25, 0.3) is 0 Å². The molecule has 1 aromatic carbocycles. The number of benzene rings is 1. The van der Waals surface area contributed by atoms with E-state index < -0.39 is 0 Å². The van der Waals surface area contributed by atoms with Gasteiger partial charge >= 0.3 is 0 Å². The third-order valence-corrected chi connectivity index (χ3v) is 4.28. The average Bonchev–Trinajstić information content (AvgIpc) is 2.59. The Hall–Kier alpha value is -0.730. The fraction of sp³-hybridized carbons (Fsp3) is 0.600. The Morgan fingerprint density at radius 3 is 2.94 bits per heavy atom. The molecular formula is C15H23ClN2. The van der Waals surface area contributed by atoms with Crippen molar-refractivity contribution in [2.45, 2.75) is 51.6 Å². The predicted molar refractivity (Wildman–Crippen MR) is 78.8 cm³/mol. The fourth-order valence-electron chi connectivity index (χ4n) is 2.84. The summed E-state index contributed by atoms with van der Waals surface area (Å²) < 4.78 is 0. The lowest BCUT2D eigenvalue weighted by Crippen LogP contribution is -2.33. The molecule has 0 amide bonds. The van der Waals surface area contributed by atoms with Gasteiger partial charge in [-0.1, -0.05) is 31.4 Å². The number of nitrogens with zero attached hydrogens (tertiary/aromatic N) is 1. The molecule has 2 nitrogen and oxygen atoms in total. The molecule has 0 aliphatic carbocycles. The molecule has 0 spiro atoms. The largest absolute Gasteiger partial charge is 0.399 e. The SMILES string of the molecule is CCC1CCCCCN1Cc1cc(N)ccc1Cl. The standard InChI is InChI=1S/C15H23ClN2/c1-2-14-6-4-3-5-9-18(14)11-12-10-13(17)7-8-15(12)16/h7-8,10,14H,2-6,9,11,17H2,1H3. The zero-order chi connectivity index (χ0) is 13.0. The summed E-state index contributed by atoms with van der Waals surface area (Å²) in [5, 5.41) is 0.836. The van der Waals surface area contributed by atoms with E-state index in [1.165, 1.54) is 38.6 Å². The molecule has 1 unspecified atom stereocenters. The van der Waals surface area contributed by atoms with Gasteiger partial charge in [0.05, 0.1) is 0 Å². The minimum Gasteiger partial charge on any atom is -0.399 e. The van der Waals surface area contributed by atoms with Crippen molar-refractivity contribution < 1.29 is 0 Å². The highest BCUT2D eigenvalue weighted by Gasteiger charge is 2.20. The van der Waals surface area contributed by atoms with Gasteiger partial charge in [0.1, 0.15) is 0 Å². The van der Waals surface area contributed by atoms with Crippen LogP contribution in [0.5, 0.6) is 0 Å². The first kappa shape index (κ1) is 13.7. The van der Waals surface area contributed by atoms with Gasteiger partial charge in [0.2, 0.25) is 0 Å². The molecule has 0 aromatic heterocycles. The van der Waals surface area contributed by atoms with Gasteiger partial charge in [-0.25, -0.2) is 0 Å². The first-order chi connectivity index (χ1) is 8.70. The van der Waals surface area contributed by atoms with Gasteiger partial charge in [0, 0.05) is 23.3 Å². The summed E-state index contributed by atoms with van der Waals surface area (Å²) in [6.45, 7) is 4.40. The topological polar surface area (TPSA) is 29.3 Å². The minimum absolute atomic E-state index is 0.699. The summed E-state index contributed by atoms with van der Waals surface area (Å²) in [7, 11) is 0. The van der Waals surface area contributed by atoms with Crippen molar-refractivity contribution >= 4 is 17.3 Å². The number of nitrogens with two attached hydrogens (primary N) is 1.